The Morgan fingerprint density at radius 3 is 1.07 bits per heavy atom. The van der Waals surface area contributed by atoms with Crippen molar-refractivity contribution in [2.75, 3.05) is 66.8 Å². The van der Waals surface area contributed by atoms with Gasteiger partial charge in [0, 0.05) is 26.2 Å². The molecule has 2 heterocycles. The summed E-state index contributed by atoms with van der Waals surface area (Å²) >= 11 is 0. The third kappa shape index (κ3) is 8.71. The molecule has 2 aromatic rings. The Morgan fingerprint density at radius 2 is 0.893 bits per heavy atom. The summed E-state index contributed by atoms with van der Waals surface area (Å²) in [4.78, 5) is 0. The summed E-state index contributed by atoms with van der Waals surface area (Å²) < 4.78 is 20.3. The van der Waals surface area contributed by atoms with Crippen molar-refractivity contribution in [2.24, 2.45) is 0 Å². The molecule has 0 saturated carbocycles. The molecule has 2 saturated heterocycles. The van der Waals surface area contributed by atoms with Gasteiger partial charge in [-0.05, 0) is 35.4 Å². The van der Waals surface area contributed by atoms with Crippen molar-refractivity contribution in [1.82, 2.24) is 10.6 Å². The van der Waals surface area contributed by atoms with Crippen LogP contribution in [-0.4, -0.2) is 66.8 Å². The lowest BCUT2D eigenvalue weighted by atomic mass is 10.1. The molecule has 2 fully saturated rings. The van der Waals surface area contributed by atoms with Gasteiger partial charge in [0.2, 0.25) is 0 Å². The fraction of sp³-hybridized carbons (Fsp3) is 0.455. The van der Waals surface area contributed by atoms with E-state index in [4.69, 9.17) is 18.9 Å². The molecule has 0 unspecified atom stereocenters. The summed E-state index contributed by atoms with van der Waals surface area (Å²) in [5.74, 6) is 1.74. The molecule has 0 amide bonds. The van der Waals surface area contributed by atoms with Crippen LogP contribution in [0.1, 0.15) is 0 Å². The summed E-state index contributed by atoms with van der Waals surface area (Å²) in [7, 11) is 3.34. The number of benzene rings is 2. The van der Waals surface area contributed by atoms with E-state index >= 15 is 0 Å². The van der Waals surface area contributed by atoms with Crippen LogP contribution in [0.4, 0.5) is 0 Å². The van der Waals surface area contributed by atoms with Crippen molar-refractivity contribution in [1.29, 1.82) is 0 Å². The number of hydrogen-bond donors (Lipinski definition) is 2. The van der Waals surface area contributed by atoms with E-state index in [0.717, 1.165) is 64.1 Å². The van der Waals surface area contributed by atoms with Gasteiger partial charge in [0.15, 0.2) is 0 Å². The summed E-state index contributed by atoms with van der Waals surface area (Å²) in [6, 6.07) is 16.0. The minimum Gasteiger partial charge on any atom is -0.497 e. The molecule has 0 aliphatic carbocycles. The van der Waals surface area contributed by atoms with Crippen LogP contribution in [0.2, 0.25) is 0 Å². The van der Waals surface area contributed by atoms with Crippen LogP contribution in [0.25, 0.3) is 11.1 Å². The van der Waals surface area contributed by atoms with Crippen LogP contribution in [0.5, 0.6) is 11.5 Å². The molecular formula is C22H32N2O4. The lowest BCUT2D eigenvalue weighted by Gasteiger charge is -2.10. The molecule has 0 bridgehead atoms. The van der Waals surface area contributed by atoms with Crippen molar-refractivity contribution in [3.63, 3.8) is 0 Å². The molecule has 0 spiro atoms. The highest BCUT2D eigenvalue weighted by Crippen LogP contribution is 2.24. The van der Waals surface area contributed by atoms with E-state index in [1.54, 1.807) is 14.2 Å². The fourth-order valence-corrected chi connectivity index (χ4v) is 2.60. The molecule has 2 N–H and O–H groups in total. The second-order valence-corrected chi connectivity index (χ2v) is 6.18. The Kier molecular flexibility index (Phi) is 11.1. The van der Waals surface area contributed by atoms with Crippen LogP contribution < -0.4 is 20.1 Å². The first-order chi connectivity index (χ1) is 13.8. The van der Waals surface area contributed by atoms with Gasteiger partial charge in [-0.15, -0.1) is 0 Å². The zero-order valence-corrected chi connectivity index (χ0v) is 16.9. The normalized spacial score (nSPS) is 15.9. The summed E-state index contributed by atoms with van der Waals surface area (Å²) in [5, 5.41) is 6.32. The maximum atomic E-state index is 5.12. The van der Waals surface area contributed by atoms with E-state index < -0.39 is 0 Å². The predicted octanol–water partition coefficient (Wildman–Crippen LogP) is 2.58. The first kappa shape index (κ1) is 22.2. The third-order valence-corrected chi connectivity index (χ3v) is 4.21. The van der Waals surface area contributed by atoms with Gasteiger partial charge >= 0.3 is 0 Å². The number of morpholine rings is 2. The summed E-state index contributed by atoms with van der Waals surface area (Å²) in [5.41, 5.74) is 2.34. The van der Waals surface area contributed by atoms with Gasteiger partial charge in [-0.3, -0.25) is 0 Å². The van der Waals surface area contributed by atoms with Gasteiger partial charge in [-0.2, -0.15) is 0 Å². The quantitative estimate of drug-likeness (QED) is 0.843. The zero-order chi connectivity index (χ0) is 19.9. The number of rotatable bonds is 3. The largest absolute Gasteiger partial charge is 0.497 e. The molecule has 2 aliphatic rings. The van der Waals surface area contributed by atoms with E-state index in [-0.39, 0.29) is 0 Å². The molecule has 6 nitrogen and oxygen atoms in total. The Hall–Kier alpha value is -2.12. The molecule has 0 atom stereocenters. The Bertz CT molecular complexity index is 543. The smallest absolute Gasteiger partial charge is 0.118 e. The van der Waals surface area contributed by atoms with E-state index in [1.807, 2.05) is 48.5 Å². The Labute approximate surface area is 168 Å². The highest BCUT2D eigenvalue weighted by Gasteiger charge is 1.98. The van der Waals surface area contributed by atoms with Crippen LogP contribution in [0, 0.1) is 0 Å². The zero-order valence-electron chi connectivity index (χ0n) is 16.9. The summed E-state index contributed by atoms with van der Waals surface area (Å²) in [6.45, 7) is 7.67. The van der Waals surface area contributed by atoms with Crippen molar-refractivity contribution < 1.29 is 18.9 Å². The first-order valence-corrected chi connectivity index (χ1v) is 9.69. The first-order valence-electron chi connectivity index (χ1n) is 9.69. The van der Waals surface area contributed by atoms with Crippen LogP contribution in [0.3, 0.4) is 0 Å². The van der Waals surface area contributed by atoms with Crippen molar-refractivity contribution in [3.05, 3.63) is 48.5 Å². The maximum Gasteiger partial charge on any atom is 0.118 e. The van der Waals surface area contributed by atoms with Crippen molar-refractivity contribution in [3.8, 4) is 22.6 Å². The van der Waals surface area contributed by atoms with Crippen molar-refractivity contribution in [2.45, 2.75) is 0 Å². The molecule has 154 valence electrons. The van der Waals surface area contributed by atoms with Crippen LogP contribution in [-0.2, 0) is 9.47 Å². The van der Waals surface area contributed by atoms with Gasteiger partial charge in [-0.1, -0.05) is 24.3 Å². The van der Waals surface area contributed by atoms with E-state index in [0.29, 0.717) is 0 Å². The lowest BCUT2D eigenvalue weighted by Crippen LogP contribution is -2.30. The SMILES string of the molecule is C1COCCN1.C1COCCN1.COc1ccc(-c2ccc(OC)cc2)cc1. The predicted molar refractivity (Wildman–Crippen MR) is 112 cm³/mol. The van der Waals surface area contributed by atoms with Gasteiger partial charge in [0.25, 0.3) is 0 Å². The highest BCUT2D eigenvalue weighted by atomic mass is 16.5. The maximum absolute atomic E-state index is 5.12. The van der Waals surface area contributed by atoms with Crippen molar-refractivity contribution >= 4 is 0 Å². The minimum atomic E-state index is 0.872. The molecule has 2 aromatic carbocycles. The highest BCUT2D eigenvalue weighted by molar-refractivity contribution is 5.64. The molecule has 0 aromatic heterocycles. The second kappa shape index (κ2) is 14.0. The molecule has 6 heteroatoms. The molecule has 0 radical (unpaired) electrons. The lowest BCUT2D eigenvalue weighted by molar-refractivity contribution is 0.109. The minimum absolute atomic E-state index is 0.872. The average molecular weight is 389 g/mol. The monoisotopic (exact) mass is 388 g/mol. The standard InChI is InChI=1S/C14H14O2.2C4H9NO/c1-15-13-7-3-11(4-8-13)12-5-9-14(16-2)10-6-12;2*1-3-6-4-2-5-1/h3-10H,1-2H3;2*5H,1-4H2. The topological polar surface area (TPSA) is 61.0 Å². The number of hydrogen-bond acceptors (Lipinski definition) is 6. The van der Waals surface area contributed by atoms with Crippen LogP contribution >= 0.6 is 0 Å². The van der Waals surface area contributed by atoms with E-state index in [2.05, 4.69) is 10.6 Å². The molecule has 2 aliphatic heterocycles. The van der Waals surface area contributed by atoms with E-state index in [1.165, 1.54) is 11.1 Å². The van der Waals surface area contributed by atoms with Gasteiger partial charge in [-0.25, -0.2) is 0 Å². The van der Waals surface area contributed by atoms with Gasteiger partial charge < -0.3 is 29.6 Å². The molecular weight excluding hydrogens is 356 g/mol. The fourth-order valence-electron chi connectivity index (χ4n) is 2.60. The molecule has 28 heavy (non-hydrogen) atoms. The van der Waals surface area contributed by atoms with Crippen LogP contribution in [0.15, 0.2) is 48.5 Å². The summed E-state index contributed by atoms with van der Waals surface area (Å²) in [6.07, 6.45) is 0. The number of ether oxygens (including phenoxy) is 4. The molecule has 4 rings (SSSR count). The second-order valence-electron chi connectivity index (χ2n) is 6.18. The van der Waals surface area contributed by atoms with Gasteiger partial charge in [0.05, 0.1) is 40.6 Å². The third-order valence-electron chi connectivity index (χ3n) is 4.21. The van der Waals surface area contributed by atoms with E-state index in [9.17, 15) is 0 Å². The number of nitrogens with one attached hydrogen (secondary N) is 2. The number of methoxy groups -OCH3 is 2. The van der Waals surface area contributed by atoms with Gasteiger partial charge in [0.1, 0.15) is 11.5 Å². The Balaban J connectivity index is 0.000000190. The average Bonchev–Trinajstić information content (AvgIpc) is 2.82. The Morgan fingerprint density at radius 1 is 0.571 bits per heavy atom.